The fourth-order valence-corrected chi connectivity index (χ4v) is 4.33. The van der Waals surface area contributed by atoms with E-state index in [1.54, 1.807) is 17.3 Å². The van der Waals surface area contributed by atoms with Crippen LogP contribution in [0.25, 0.3) is 11.3 Å². The number of halogens is 2. The second kappa shape index (κ2) is 10.4. The molecule has 6 rings (SSSR count). The first-order valence-corrected chi connectivity index (χ1v) is 12.2. The first-order chi connectivity index (χ1) is 18.6. The maximum absolute atomic E-state index is 14.5. The summed E-state index contributed by atoms with van der Waals surface area (Å²) in [6, 6.07) is 17.1. The molecule has 38 heavy (non-hydrogen) atoms. The molecular weight excluding hydrogens is 490 g/mol. The third-order valence-electron chi connectivity index (χ3n) is 6.24. The van der Waals surface area contributed by atoms with Crippen molar-refractivity contribution in [3.63, 3.8) is 0 Å². The minimum atomic E-state index is -0.432. The Morgan fingerprint density at radius 3 is 2.55 bits per heavy atom. The molecule has 0 amide bonds. The summed E-state index contributed by atoms with van der Waals surface area (Å²) in [5.74, 6) is 0.0201. The van der Waals surface area contributed by atoms with Gasteiger partial charge >= 0.3 is 0 Å². The lowest BCUT2D eigenvalue weighted by Crippen LogP contribution is -2.37. The molecule has 0 unspecified atom stereocenters. The highest BCUT2D eigenvalue weighted by atomic mass is 19.1. The molecular formula is C27H24F2N8O. The molecule has 4 aromatic rings. The monoisotopic (exact) mass is 514 g/mol. The summed E-state index contributed by atoms with van der Waals surface area (Å²) in [7, 11) is 0. The SMILES string of the molecule is Fc1cc(-c2ccnc(Nc3ccc(N4CN=C(c5ncccc5F)N4)cc3)n2)cc(N2CCOCC2)c1. The molecule has 4 heterocycles. The summed E-state index contributed by atoms with van der Waals surface area (Å²) < 4.78 is 33.9. The molecule has 0 saturated carbocycles. The van der Waals surface area contributed by atoms with Crippen molar-refractivity contribution >= 4 is 28.8 Å². The molecule has 9 nitrogen and oxygen atoms in total. The van der Waals surface area contributed by atoms with Gasteiger partial charge in [-0.15, -0.1) is 0 Å². The maximum Gasteiger partial charge on any atom is 0.227 e. The Hall–Kier alpha value is -4.64. The van der Waals surface area contributed by atoms with Gasteiger partial charge in [-0.25, -0.2) is 28.7 Å². The number of aromatic nitrogens is 3. The zero-order valence-corrected chi connectivity index (χ0v) is 20.3. The number of hydrogen-bond acceptors (Lipinski definition) is 9. The van der Waals surface area contributed by atoms with Crippen LogP contribution in [-0.2, 0) is 4.74 Å². The first kappa shape index (κ1) is 23.7. The topological polar surface area (TPSA) is 90.8 Å². The molecule has 0 spiro atoms. The van der Waals surface area contributed by atoms with Crippen LogP contribution in [0.2, 0.25) is 0 Å². The van der Waals surface area contributed by atoms with Crippen molar-refractivity contribution in [2.45, 2.75) is 0 Å². The molecule has 2 aliphatic heterocycles. The fourth-order valence-electron chi connectivity index (χ4n) is 4.33. The fraction of sp³-hybridized carbons (Fsp3) is 0.185. The van der Waals surface area contributed by atoms with Crippen molar-refractivity contribution in [2.24, 2.45) is 4.99 Å². The van der Waals surface area contributed by atoms with E-state index in [1.807, 2.05) is 30.3 Å². The van der Waals surface area contributed by atoms with Crippen LogP contribution in [0.4, 0.5) is 31.8 Å². The van der Waals surface area contributed by atoms with Crippen LogP contribution in [0, 0.1) is 11.6 Å². The molecule has 2 aromatic carbocycles. The molecule has 2 N–H and O–H groups in total. The van der Waals surface area contributed by atoms with Crippen LogP contribution in [0.15, 0.2) is 78.0 Å². The number of hydrazine groups is 1. The Morgan fingerprint density at radius 1 is 0.895 bits per heavy atom. The minimum Gasteiger partial charge on any atom is -0.378 e. The molecule has 0 aliphatic carbocycles. The van der Waals surface area contributed by atoms with Gasteiger partial charge in [-0.1, -0.05) is 0 Å². The first-order valence-electron chi connectivity index (χ1n) is 12.2. The lowest BCUT2D eigenvalue weighted by Gasteiger charge is -2.29. The molecule has 1 fully saturated rings. The highest BCUT2D eigenvalue weighted by Crippen LogP contribution is 2.27. The largest absolute Gasteiger partial charge is 0.378 e. The number of nitrogens with zero attached hydrogens (tertiary/aromatic N) is 6. The number of pyridine rings is 1. The number of aliphatic imine (C=N–C) groups is 1. The third-order valence-corrected chi connectivity index (χ3v) is 6.24. The predicted octanol–water partition coefficient (Wildman–Crippen LogP) is 4.13. The molecule has 192 valence electrons. The Kier molecular flexibility index (Phi) is 6.49. The van der Waals surface area contributed by atoms with Crippen LogP contribution in [0.5, 0.6) is 0 Å². The van der Waals surface area contributed by atoms with E-state index in [9.17, 15) is 8.78 Å². The number of rotatable bonds is 6. The van der Waals surface area contributed by atoms with E-state index in [-0.39, 0.29) is 11.5 Å². The van der Waals surface area contributed by atoms with Crippen molar-refractivity contribution in [1.82, 2.24) is 20.4 Å². The Bertz CT molecular complexity index is 1470. The van der Waals surface area contributed by atoms with Gasteiger partial charge in [0.05, 0.1) is 24.6 Å². The van der Waals surface area contributed by atoms with Gasteiger partial charge in [-0.05, 0) is 60.7 Å². The Labute approximate surface area is 217 Å². The third kappa shape index (κ3) is 5.09. The Morgan fingerprint density at radius 2 is 1.74 bits per heavy atom. The van der Waals surface area contributed by atoms with Gasteiger partial charge in [0.2, 0.25) is 5.95 Å². The summed E-state index contributed by atoms with van der Waals surface area (Å²) in [4.78, 5) is 19.4. The average Bonchev–Trinajstić information content (AvgIpc) is 3.44. The quantitative estimate of drug-likeness (QED) is 0.397. The lowest BCUT2D eigenvalue weighted by atomic mass is 10.1. The summed E-state index contributed by atoms with van der Waals surface area (Å²) >= 11 is 0. The zero-order chi connectivity index (χ0) is 25.9. The van der Waals surface area contributed by atoms with Crippen molar-refractivity contribution in [3.05, 3.63) is 90.4 Å². The maximum atomic E-state index is 14.5. The van der Waals surface area contributed by atoms with Gasteiger partial charge in [-0.2, -0.15) is 0 Å². The molecule has 0 bridgehead atoms. The van der Waals surface area contributed by atoms with Gasteiger partial charge in [0.15, 0.2) is 11.7 Å². The van der Waals surface area contributed by atoms with Crippen LogP contribution < -0.4 is 20.7 Å². The number of ether oxygens (including phenoxy) is 1. The molecule has 2 aromatic heterocycles. The highest BCUT2D eigenvalue weighted by Gasteiger charge is 2.20. The molecule has 2 aliphatic rings. The number of nitrogens with one attached hydrogen (secondary N) is 2. The minimum absolute atomic E-state index is 0.181. The number of benzene rings is 2. The van der Waals surface area contributed by atoms with Gasteiger partial charge in [-0.3, -0.25) is 10.4 Å². The molecule has 1 saturated heterocycles. The van der Waals surface area contributed by atoms with Gasteiger partial charge in [0, 0.05) is 42.4 Å². The summed E-state index contributed by atoms with van der Waals surface area (Å²) in [6.07, 6.45) is 3.17. The Balaban J connectivity index is 1.14. The van der Waals surface area contributed by atoms with E-state index in [1.165, 1.54) is 30.5 Å². The highest BCUT2D eigenvalue weighted by molar-refractivity contribution is 5.99. The molecule has 11 heteroatoms. The number of amidine groups is 1. The van der Waals surface area contributed by atoms with E-state index in [2.05, 4.69) is 35.6 Å². The van der Waals surface area contributed by atoms with Crippen molar-refractivity contribution in [3.8, 4) is 11.3 Å². The van der Waals surface area contributed by atoms with Crippen molar-refractivity contribution < 1.29 is 13.5 Å². The van der Waals surface area contributed by atoms with E-state index in [4.69, 9.17) is 4.74 Å². The van der Waals surface area contributed by atoms with Crippen molar-refractivity contribution in [2.75, 3.05) is 48.2 Å². The van der Waals surface area contributed by atoms with E-state index in [0.29, 0.717) is 42.9 Å². The lowest BCUT2D eigenvalue weighted by molar-refractivity contribution is 0.122. The second-order valence-corrected chi connectivity index (χ2v) is 8.76. The van der Waals surface area contributed by atoms with Gasteiger partial charge in [0.1, 0.15) is 18.2 Å². The molecule has 0 radical (unpaired) electrons. The standard InChI is InChI=1S/C27H24F2N8O/c28-19-14-18(15-22(16-19)36-10-12-38-13-11-36)24-7-9-31-27(34-24)33-20-3-5-21(6-4-20)37-17-32-26(35-37)25-23(29)2-1-8-30-25/h1-9,14-16H,10-13,17H2,(H,32,35)(H,31,33,34). The van der Waals surface area contributed by atoms with Crippen LogP contribution in [0.1, 0.15) is 5.69 Å². The van der Waals surface area contributed by atoms with Gasteiger partial charge < -0.3 is 15.0 Å². The van der Waals surface area contributed by atoms with Crippen LogP contribution in [0.3, 0.4) is 0 Å². The van der Waals surface area contributed by atoms with Crippen LogP contribution in [-0.4, -0.2) is 53.8 Å². The summed E-state index contributed by atoms with van der Waals surface area (Å²) in [5, 5.41) is 4.99. The number of anilines is 4. The number of morpholine rings is 1. The van der Waals surface area contributed by atoms with Crippen molar-refractivity contribution in [1.29, 1.82) is 0 Å². The summed E-state index contributed by atoms with van der Waals surface area (Å²) in [5.41, 5.74) is 6.98. The van der Waals surface area contributed by atoms with E-state index >= 15 is 0 Å². The molecule has 0 atom stereocenters. The van der Waals surface area contributed by atoms with E-state index < -0.39 is 5.82 Å². The second-order valence-electron chi connectivity index (χ2n) is 8.76. The smallest absolute Gasteiger partial charge is 0.227 e. The normalized spacial score (nSPS) is 15.3. The zero-order valence-electron chi connectivity index (χ0n) is 20.3. The average molecular weight is 515 g/mol. The van der Waals surface area contributed by atoms with E-state index in [0.717, 1.165) is 30.2 Å². The predicted molar refractivity (Wildman–Crippen MR) is 141 cm³/mol. The number of hydrogen-bond donors (Lipinski definition) is 2. The summed E-state index contributed by atoms with van der Waals surface area (Å²) in [6.45, 7) is 3.00. The van der Waals surface area contributed by atoms with Gasteiger partial charge in [0.25, 0.3) is 0 Å². The van der Waals surface area contributed by atoms with Crippen LogP contribution >= 0.6 is 0 Å².